The maximum Gasteiger partial charge on any atom is 0.293 e. The van der Waals surface area contributed by atoms with Gasteiger partial charge in [0.05, 0.1) is 11.2 Å². The molecule has 0 spiro atoms. The third kappa shape index (κ3) is 4.77. The molecule has 2 heterocycles. The minimum atomic E-state index is -0.513. The van der Waals surface area contributed by atoms with Gasteiger partial charge in [0.15, 0.2) is 5.76 Å². The fraction of sp³-hybridized carbons (Fsp3) is 0.217. The van der Waals surface area contributed by atoms with Crippen molar-refractivity contribution in [3.8, 4) is 0 Å². The second kappa shape index (κ2) is 9.34. The zero-order valence-electron chi connectivity index (χ0n) is 17.2. The number of nitrogens with one attached hydrogen (secondary N) is 2. The Morgan fingerprint density at radius 2 is 1.78 bits per heavy atom. The van der Waals surface area contributed by atoms with Crippen LogP contribution in [0.1, 0.15) is 33.8 Å². The number of amides is 2. The molecule has 3 aromatic rings. The number of benzene rings is 2. The van der Waals surface area contributed by atoms with Crippen LogP contribution in [-0.2, 0) is 0 Å². The third-order valence-corrected chi connectivity index (χ3v) is 5.36. The maximum atomic E-state index is 12.7. The molecule has 1 saturated heterocycles. The average molecular weight is 434 g/mol. The molecule has 1 fully saturated rings. The van der Waals surface area contributed by atoms with Gasteiger partial charge in [-0.15, -0.1) is 0 Å². The summed E-state index contributed by atoms with van der Waals surface area (Å²) < 4.78 is 5.15. The van der Waals surface area contributed by atoms with Crippen LogP contribution < -0.4 is 10.6 Å². The monoisotopic (exact) mass is 434 g/mol. The number of hydrogen-bond acceptors (Lipinski definition) is 6. The van der Waals surface area contributed by atoms with Crippen LogP contribution in [0.25, 0.3) is 0 Å². The lowest BCUT2D eigenvalue weighted by molar-refractivity contribution is -0.383. The number of nitro groups is 1. The highest BCUT2D eigenvalue weighted by molar-refractivity contribution is 5.96. The minimum Gasteiger partial charge on any atom is -0.459 e. The van der Waals surface area contributed by atoms with Crippen molar-refractivity contribution >= 4 is 28.9 Å². The number of rotatable bonds is 6. The molecule has 9 heteroatoms. The van der Waals surface area contributed by atoms with Gasteiger partial charge in [-0.25, -0.2) is 0 Å². The van der Waals surface area contributed by atoms with Gasteiger partial charge in [-0.2, -0.15) is 0 Å². The standard InChI is InChI=1S/C23H22N4O5/c28-22(25-18-10-12-26(13-11-18)23(29)21-7-4-14-32-21)16-8-9-19(20(15-16)27(30)31)24-17-5-2-1-3-6-17/h1-9,14-15,18,24H,10-13H2,(H,25,28). The average Bonchev–Trinajstić information content (AvgIpc) is 3.35. The Kier molecular flexibility index (Phi) is 6.16. The molecule has 2 N–H and O–H groups in total. The summed E-state index contributed by atoms with van der Waals surface area (Å²) in [6.07, 6.45) is 2.64. The van der Waals surface area contributed by atoms with Crippen molar-refractivity contribution in [1.29, 1.82) is 0 Å². The molecule has 4 rings (SSSR count). The van der Waals surface area contributed by atoms with Gasteiger partial charge in [0, 0.05) is 36.4 Å². The summed E-state index contributed by atoms with van der Waals surface area (Å²) in [5, 5.41) is 17.5. The number of likely N-dealkylation sites (tertiary alicyclic amines) is 1. The largest absolute Gasteiger partial charge is 0.459 e. The summed E-state index contributed by atoms with van der Waals surface area (Å²) in [6, 6.07) is 16.6. The fourth-order valence-electron chi connectivity index (χ4n) is 3.66. The molecule has 0 bridgehead atoms. The predicted molar refractivity (Wildman–Crippen MR) is 118 cm³/mol. The number of para-hydroxylation sites is 1. The highest BCUT2D eigenvalue weighted by atomic mass is 16.6. The molecule has 0 aliphatic carbocycles. The van der Waals surface area contributed by atoms with E-state index in [0.717, 1.165) is 0 Å². The van der Waals surface area contributed by atoms with E-state index >= 15 is 0 Å². The molecule has 164 valence electrons. The Bertz CT molecular complexity index is 1110. The summed E-state index contributed by atoms with van der Waals surface area (Å²) >= 11 is 0. The van der Waals surface area contributed by atoms with Crippen molar-refractivity contribution in [1.82, 2.24) is 10.2 Å². The van der Waals surface area contributed by atoms with E-state index in [-0.39, 0.29) is 29.1 Å². The van der Waals surface area contributed by atoms with Crippen LogP contribution in [0.15, 0.2) is 71.3 Å². The van der Waals surface area contributed by atoms with Crippen LogP contribution in [-0.4, -0.2) is 40.8 Å². The molecule has 0 unspecified atom stereocenters. The van der Waals surface area contributed by atoms with Crippen molar-refractivity contribution in [2.45, 2.75) is 18.9 Å². The van der Waals surface area contributed by atoms with E-state index in [0.29, 0.717) is 43.1 Å². The molecule has 0 radical (unpaired) electrons. The number of hydrogen-bond donors (Lipinski definition) is 2. The van der Waals surface area contributed by atoms with Crippen LogP contribution in [0.4, 0.5) is 17.1 Å². The minimum absolute atomic E-state index is 0.121. The summed E-state index contributed by atoms with van der Waals surface area (Å²) in [7, 11) is 0. The zero-order chi connectivity index (χ0) is 22.5. The third-order valence-electron chi connectivity index (χ3n) is 5.36. The second-order valence-electron chi connectivity index (χ2n) is 7.50. The Balaban J connectivity index is 1.38. The van der Waals surface area contributed by atoms with Gasteiger partial charge in [-0.1, -0.05) is 18.2 Å². The molecular formula is C23H22N4O5. The van der Waals surface area contributed by atoms with E-state index < -0.39 is 4.92 Å². The number of carbonyl (C=O) groups excluding carboxylic acids is 2. The van der Waals surface area contributed by atoms with Gasteiger partial charge < -0.3 is 20.0 Å². The summed E-state index contributed by atoms with van der Waals surface area (Å²) in [6.45, 7) is 0.981. The van der Waals surface area contributed by atoms with Crippen molar-refractivity contribution in [3.05, 3.63) is 88.4 Å². The van der Waals surface area contributed by atoms with Crippen LogP contribution in [0.5, 0.6) is 0 Å². The molecule has 9 nitrogen and oxygen atoms in total. The fourth-order valence-corrected chi connectivity index (χ4v) is 3.66. The second-order valence-corrected chi connectivity index (χ2v) is 7.50. The SMILES string of the molecule is O=C(NC1CCN(C(=O)c2ccco2)CC1)c1ccc(Nc2ccccc2)c([N+](=O)[O-])c1. The van der Waals surface area contributed by atoms with Crippen LogP contribution in [0.2, 0.25) is 0 Å². The van der Waals surface area contributed by atoms with E-state index in [1.807, 2.05) is 18.2 Å². The van der Waals surface area contributed by atoms with Crippen molar-refractivity contribution < 1.29 is 18.9 Å². The summed E-state index contributed by atoms with van der Waals surface area (Å²) in [5.74, 6) is -0.254. The van der Waals surface area contributed by atoms with E-state index in [4.69, 9.17) is 4.42 Å². The lowest BCUT2D eigenvalue weighted by Gasteiger charge is -2.31. The van der Waals surface area contributed by atoms with E-state index in [1.165, 1.54) is 18.4 Å². The van der Waals surface area contributed by atoms with Crippen LogP contribution in [0, 0.1) is 10.1 Å². The first-order valence-electron chi connectivity index (χ1n) is 10.3. The molecule has 1 aliphatic heterocycles. The first kappa shape index (κ1) is 21.1. The normalized spacial score (nSPS) is 14.1. The zero-order valence-corrected chi connectivity index (χ0v) is 17.2. The molecular weight excluding hydrogens is 412 g/mol. The highest BCUT2D eigenvalue weighted by Gasteiger charge is 2.26. The number of carbonyl (C=O) groups is 2. The highest BCUT2D eigenvalue weighted by Crippen LogP contribution is 2.29. The van der Waals surface area contributed by atoms with Gasteiger partial charge in [0.1, 0.15) is 5.69 Å². The molecule has 32 heavy (non-hydrogen) atoms. The number of furan rings is 1. The number of anilines is 2. The van der Waals surface area contributed by atoms with Gasteiger partial charge in [0.2, 0.25) is 0 Å². The van der Waals surface area contributed by atoms with Crippen molar-refractivity contribution in [3.63, 3.8) is 0 Å². The molecule has 1 aliphatic rings. The van der Waals surface area contributed by atoms with Gasteiger partial charge >= 0.3 is 0 Å². The first-order chi connectivity index (χ1) is 15.5. The first-order valence-corrected chi connectivity index (χ1v) is 10.3. The Morgan fingerprint density at radius 1 is 1.03 bits per heavy atom. The van der Waals surface area contributed by atoms with Crippen LogP contribution >= 0.6 is 0 Å². The van der Waals surface area contributed by atoms with Crippen LogP contribution in [0.3, 0.4) is 0 Å². The summed E-state index contributed by atoms with van der Waals surface area (Å²) in [4.78, 5) is 37.8. The Morgan fingerprint density at radius 3 is 2.44 bits per heavy atom. The van der Waals surface area contributed by atoms with Gasteiger partial charge in [-0.3, -0.25) is 19.7 Å². The summed E-state index contributed by atoms with van der Waals surface area (Å²) in [5.41, 5.74) is 1.05. The number of nitrogens with zero attached hydrogens (tertiary/aromatic N) is 2. The smallest absolute Gasteiger partial charge is 0.293 e. The lowest BCUT2D eigenvalue weighted by atomic mass is 10.0. The molecule has 0 saturated carbocycles. The maximum absolute atomic E-state index is 12.7. The van der Waals surface area contributed by atoms with E-state index in [2.05, 4.69) is 10.6 Å². The van der Waals surface area contributed by atoms with E-state index in [1.54, 1.807) is 35.2 Å². The molecule has 1 aromatic heterocycles. The lowest BCUT2D eigenvalue weighted by Crippen LogP contribution is -2.46. The molecule has 2 aromatic carbocycles. The van der Waals surface area contributed by atoms with Crippen molar-refractivity contribution in [2.24, 2.45) is 0 Å². The number of piperidine rings is 1. The Hall–Kier alpha value is -4.14. The van der Waals surface area contributed by atoms with Gasteiger partial charge in [0.25, 0.3) is 17.5 Å². The molecule has 0 atom stereocenters. The number of nitro benzene ring substituents is 1. The van der Waals surface area contributed by atoms with Gasteiger partial charge in [-0.05, 0) is 49.2 Å². The topological polar surface area (TPSA) is 118 Å². The Labute approximate surface area is 184 Å². The van der Waals surface area contributed by atoms with E-state index in [9.17, 15) is 19.7 Å². The quantitative estimate of drug-likeness (QED) is 0.448. The van der Waals surface area contributed by atoms with Crippen molar-refractivity contribution in [2.75, 3.05) is 18.4 Å². The predicted octanol–water partition coefficient (Wildman–Crippen LogP) is 3.97. The molecule has 2 amide bonds.